The molecule has 0 spiro atoms. The third kappa shape index (κ3) is 6.40. The molecule has 12 nitrogen and oxygen atoms in total. The molecule has 0 saturated heterocycles. The monoisotopic (exact) mass is 602 g/mol. The number of nitrogens with one attached hydrogen (secondary N) is 3. The standard InChI is InChI=1S/C29H38N4O8S/c1-33-14-8-4-3-5-9-18-17-29(18,27(36)32-42(38,39)20-12-13-20)31-25(34)21-15-19(16-22(21)26(33)35)41-28(37)30-23-10-6-7-11-24(23)40-2/h5-7,9-11,18-22H,3-4,8,12-17H2,1-2H3,(H,30,37)(H,31,34)(H,32,36)/b9-5-/t18-,19+,21-,22-,29+/m0/s1. The van der Waals surface area contributed by atoms with E-state index < -0.39 is 56.7 Å². The minimum atomic E-state index is -3.82. The largest absolute Gasteiger partial charge is 0.495 e. The molecule has 5 rings (SSSR count). The zero-order chi connectivity index (χ0) is 30.1. The maximum atomic E-state index is 13.8. The van der Waals surface area contributed by atoms with Crippen molar-refractivity contribution in [3.05, 3.63) is 36.4 Å². The van der Waals surface area contributed by atoms with Gasteiger partial charge in [0.2, 0.25) is 21.8 Å². The van der Waals surface area contributed by atoms with E-state index >= 15 is 0 Å². The van der Waals surface area contributed by atoms with Gasteiger partial charge in [0.25, 0.3) is 5.91 Å². The lowest BCUT2D eigenvalue weighted by atomic mass is 9.93. The van der Waals surface area contributed by atoms with Crippen molar-refractivity contribution in [1.82, 2.24) is 14.9 Å². The third-order valence-corrected chi connectivity index (χ3v) is 10.4. The van der Waals surface area contributed by atoms with E-state index in [1.165, 1.54) is 7.11 Å². The Bertz CT molecular complexity index is 1380. The third-order valence-electron chi connectivity index (χ3n) is 8.61. The summed E-state index contributed by atoms with van der Waals surface area (Å²) < 4.78 is 38.2. The zero-order valence-electron chi connectivity index (χ0n) is 23.8. The lowest BCUT2D eigenvalue weighted by Gasteiger charge is -2.26. The number of hydrogen-bond donors (Lipinski definition) is 3. The average molecular weight is 603 g/mol. The van der Waals surface area contributed by atoms with Gasteiger partial charge in [0.05, 0.1) is 29.9 Å². The highest BCUT2D eigenvalue weighted by Crippen LogP contribution is 2.47. The molecule has 0 unspecified atom stereocenters. The van der Waals surface area contributed by atoms with Crippen molar-refractivity contribution in [3.8, 4) is 5.75 Å². The number of carbonyl (C=O) groups excluding carboxylic acids is 4. The molecule has 1 heterocycles. The SMILES string of the molecule is COc1ccccc1NC(=O)O[C@@H]1C[C@@H]2C(=O)N[C@]3(C(=O)NS(=O)(=O)C4CC4)C[C@@H]3/C=C\CCCCN(C)C(=O)[C@H]2C1. The van der Waals surface area contributed by atoms with E-state index in [4.69, 9.17) is 9.47 Å². The van der Waals surface area contributed by atoms with Gasteiger partial charge in [-0.2, -0.15) is 0 Å². The van der Waals surface area contributed by atoms with Gasteiger partial charge in [-0.1, -0.05) is 24.3 Å². The molecule has 1 aromatic carbocycles. The van der Waals surface area contributed by atoms with E-state index in [0.29, 0.717) is 30.8 Å². The van der Waals surface area contributed by atoms with E-state index in [9.17, 15) is 27.6 Å². The number of ether oxygens (including phenoxy) is 2. The zero-order valence-corrected chi connectivity index (χ0v) is 24.7. The number of anilines is 1. The fourth-order valence-electron chi connectivity index (χ4n) is 5.93. The van der Waals surface area contributed by atoms with Gasteiger partial charge in [-0.15, -0.1) is 0 Å². The minimum Gasteiger partial charge on any atom is -0.495 e. The first-order chi connectivity index (χ1) is 20.0. The van der Waals surface area contributed by atoms with Crippen LogP contribution in [-0.4, -0.2) is 74.7 Å². The first-order valence-electron chi connectivity index (χ1n) is 14.4. The first-order valence-corrected chi connectivity index (χ1v) is 16.0. The lowest BCUT2D eigenvalue weighted by Crippen LogP contribution is -2.54. The van der Waals surface area contributed by atoms with Crippen molar-refractivity contribution in [3.63, 3.8) is 0 Å². The fourth-order valence-corrected chi connectivity index (χ4v) is 7.29. The minimum absolute atomic E-state index is 0.0774. The number of amides is 4. The maximum absolute atomic E-state index is 13.8. The van der Waals surface area contributed by atoms with E-state index in [2.05, 4.69) is 15.4 Å². The number of methoxy groups -OCH3 is 1. The number of para-hydroxylation sites is 2. The van der Waals surface area contributed by atoms with Crippen LogP contribution in [0.3, 0.4) is 0 Å². The van der Waals surface area contributed by atoms with Crippen molar-refractivity contribution < 1.29 is 37.1 Å². The van der Waals surface area contributed by atoms with Crippen LogP contribution in [0.1, 0.15) is 51.4 Å². The number of hydrogen-bond acceptors (Lipinski definition) is 8. The predicted octanol–water partition coefficient (Wildman–Crippen LogP) is 2.32. The van der Waals surface area contributed by atoms with Gasteiger partial charge in [-0.05, 0) is 63.5 Å². The van der Waals surface area contributed by atoms with Gasteiger partial charge in [0, 0.05) is 19.5 Å². The summed E-state index contributed by atoms with van der Waals surface area (Å²) in [6, 6.07) is 6.85. The average Bonchev–Trinajstić information content (AvgIpc) is 3.87. The lowest BCUT2D eigenvalue weighted by molar-refractivity contribution is -0.140. The van der Waals surface area contributed by atoms with E-state index in [1.807, 2.05) is 12.2 Å². The van der Waals surface area contributed by atoms with Gasteiger partial charge in [0.15, 0.2) is 0 Å². The molecule has 4 aliphatic rings. The van der Waals surface area contributed by atoms with Crippen LogP contribution in [0.25, 0.3) is 0 Å². The first kappa shape index (κ1) is 29.9. The maximum Gasteiger partial charge on any atom is 0.412 e. The number of rotatable bonds is 6. The molecule has 4 amide bonds. The van der Waals surface area contributed by atoms with Gasteiger partial charge in [-0.25, -0.2) is 13.2 Å². The van der Waals surface area contributed by atoms with Crippen LogP contribution in [0.5, 0.6) is 5.75 Å². The molecule has 42 heavy (non-hydrogen) atoms. The smallest absolute Gasteiger partial charge is 0.412 e. The second kappa shape index (κ2) is 11.9. The highest BCUT2D eigenvalue weighted by Gasteiger charge is 2.62. The molecule has 1 aromatic rings. The summed E-state index contributed by atoms with van der Waals surface area (Å²) in [6.07, 6.45) is 6.11. The molecule has 3 aliphatic carbocycles. The van der Waals surface area contributed by atoms with Crippen LogP contribution >= 0.6 is 0 Å². The predicted molar refractivity (Wildman–Crippen MR) is 153 cm³/mol. The topological polar surface area (TPSA) is 160 Å². The number of nitrogens with zero attached hydrogens (tertiary/aromatic N) is 1. The van der Waals surface area contributed by atoms with Crippen LogP contribution in [0.4, 0.5) is 10.5 Å². The molecular weight excluding hydrogens is 564 g/mol. The fraction of sp³-hybridized carbons (Fsp3) is 0.586. The van der Waals surface area contributed by atoms with Gasteiger partial charge in [-0.3, -0.25) is 24.4 Å². The molecule has 228 valence electrons. The Morgan fingerprint density at radius 2 is 1.83 bits per heavy atom. The van der Waals surface area contributed by atoms with Gasteiger partial charge >= 0.3 is 6.09 Å². The Balaban J connectivity index is 1.34. The Labute approximate surface area is 245 Å². The van der Waals surface area contributed by atoms with Crippen LogP contribution in [0, 0.1) is 17.8 Å². The second-order valence-corrected chi connectivity index (χ2v) is 13.6. The van der Waals surface area contributed by atoms with E-state index in [0.717, 1.165) is 19.3 Å². The number of sulfonamides is 1. The second-order valence-electron chi connectivity index (χ2n) is 11.7. The van der Waals surface area contributed by atoms with E-state index in [-0.39, 0.29) is 31.1 Å². The molecule has 3 N–H and O–H groups in total. The van der Waals surface area contributed by atoms with Crippen LogP contribution in [-0.2, 0) is 29.1 Å². The highest BCUT2D eigenvalue weighted by molar-refractivity contribution is 7.91. The molecular formula is C29H38N4O8S. The van der Waals surface area contributed by atoms with E-state index in [1.54, 1.807) is 36.2 Å². The molecule has 5 atom stereocenters. The summed E-state index contributed by atoms with van der Waals surface area (Å²) in [7, 11) is -0.650. The molecule has 3 saturated carbocycles. The molecule has 3 fully saturated rings. The molecule has 0 radical (unpaired) electrons. The number of allylic oxidation sites excluding steroid dienone is 1. The van der Waals surface area contributed by atoms with Crippen molar-refractivity contribution in [2.24, 2.45) is 17.8 Å². The normalized spacial score (nSPS) is 30.6. The summed E-state index contributed by atoms with van der Waals surface area (Å²) >= 11 is 0. The number of fused-ring (bicyclic) bond motifs is 2. The molecule has 13 heteroatoms. The Morgan fingerprint density at radius 1 is 1.10 bits per heavy atom. The van der Waals surface area contributed by atoms with Gasteiger partial charge < -0.3 is 19.7 Å². The van der Waals surface area contributed by atoms with Crippen molar-refractivity contribution in [1.29, 1.82) is 0 Å². The van der Waals surface area contributed by atoms with Crippen molar-refractivity contribution in [2.45, 2.75) is 68.3 Å². The molecule has 0 aromatic heterocycles. The Morgan fingerprint density at radius 3 is 2.57 bits per heavy atom. The molecule has 1 aliphatic heterocycles. The molecule has 0 bridgehead atoms. The number of benzene rings is 1. The van der Waals surface area contributed by atoms with Gasteiger partial charge in [0.1, 0.15) is 17.4 Å². The van der Waals surface area contributed by atoms with Crippen LogP contribution in [0.15, 0.2) is 36.4 Å². The van der Waals surface area contributed by atoms with Crippen molar-refractivity contribution >= 4 is 39.5 Å². The summed E-state index contributed by atoms with van der Waals surface area (Å²) in [4.78, 5) is 55.0. The summed E-state index contributed by atoms with van der Waals surface area (Å²) in [6.45, 7) is 0.520. The summed E-state index contributed by atoms with van der Waals surface area (Å²) in [5.41, 5.74) is -1.00. The van der Waals surface area contributed by atoms with Crippen LogP contribution < -0.4 is 20.1 Å². The highest BCUT2D eigenvalue weighted by atomic mass is 32.2. The Hall–Kier alpha value is -3.61. The number of carbonyl (C=O) groups is 4. The summed E-state index contributed by atoms with van der Waals surface area (Å²) in [5, 5.41) is 4.88. The quantitative estimate of drug-likeness (QED) is 0.418. The van der Waals surface area contributed by atoms with Crippen molar-refractivity contribution in [2.75, 3.05) is 26.0 Å². The van der Waals surface area contributed by atoms with Crippen LogP contribution in [0.2, 0.25) is 0 Å². The summed E-state index contributed by atoms with van der Waals surface area (Å²) in [5.74, 6) is -3.09. The Kier molecular flexibility index (Phi) is 8.49.